The molecule has 5 aromatic carbocycles. The molecule has 0 saturated carbocycles. The Balaban J connectivity index is 1.59. The summed E-state index contributed by atoms with van der Waals surface area (Å²) >= 11 is 0. The van der Waals surface area contributed by atoms with E-state index >= 15 is 0 Å². The highest BCUT2D eigenvalue weighted by molar-refractivity contribution is 6.21. The van der Waals surface area contributed by atoms with Crippen molar-refractivity contribution >= 4 is 21.5 Å². The Morgan fingerprint density at radius 3 is 1.75 bits per heavy atom. The highest BCUT2D eigenvalue weighted by atomic mass is 16.5. The normalized spacial score (nSPS) is 13.8. The summed E-state index contributed by atoms with van der Waals surface area (Å²) in [7, 11) is 0. The third-order valence-electron chi connectivity index (χ3n) is 8.09. The van der Waals surface area contributed by atoms with Crippen molar-refractivity contribution in [2.45, 2.75) is 33.1 Å². The summed E-state index contributed by atoms with van der Waals surface area (Å²) in [5.41, 5.74) is 11.2. The summed E-state index contributed by atoms with van der Waals surface area (Å²) in [4.78, 5) is 0. The highest BCUT2D eigenvalue weighted by Crippen LogP contribution is 2.51. The van der Waals surface area contributed by atoms with Gasteiger partial charge in [-0.05, 0) is 74.8 Å². The molecular formula is C34H27NO. The van der Waals surface area contributed by atoms with Gasteiger partial charge in [-0.1, -0.05) is 104 Å². The zero-order valence-electron chi connectivity index (χ0n) is 21.0. The summed E-state index contributed by atoms with van der Waals surface area (Å²) in [5.74, 6) is 0.854. The van der Waals surface area contributed by atoms with Gasteiger partial charge in [0.2, 0.25) is 0 Å². The molecule has 0 aliphatic heterocycles. The molecule has 0 bridgehead atoms. The third kappa shape index (κ3) is 2.76. The minimum absolute atomic E-state index is 0.0375. The molecule has 174 valence electrons. The monoisotopic (exact) mass is 465 g/mol. The molecule has 0 amide bonds. The summed E-state index contributed by atoms with van der Waals surface area (Å²) in [6.07, 6.45) is 0. The number of hydrogen-bond donors (Lipinski definition) is 0. The van der Waals surface area contributed by atoms with Crippen LogP contribution in [0.3, 0.4) is 0 Å². The van der Waals surface area contributed by atoms with E-state index in [1.54, 1.807) is 0 Å². The van der Waals surface area contributed by atoms with Crippen LogP contribution in [0.2, 0.25) is 0 Å². The van der Waals surface area contributed by atoms with E-state index in [0.717, 1.165) is 17.0 Å². The van der Waals surface area contributed by atoms with Crippen molar-refractivity contribution < 1.29 is 4.52 Å². The molecule has 0 atom stereocenters. The fourth-order valence-corrected chi connectivity index (χ4v) is 6.41. The van der Waals surface area contributed by atoms with E-state index in [4.69, 9.17) is 4.52 Å². The van der Waals surface area contributed by atoms with Crippen LogP contribution < -0.4 is 0 Å². The van der Waals surface area contributed by atoms with Crippen molar-refractivity contribution in [1.29, 1.82) is 0 Å². The highest BCUT2D eigenvalue weighted by Gasteiger charge is 2.35. The average molecular weight is 466 g/mol. The van der Waals surface area contributed by atoms with E-state index in [0.29, 0.717) is 0 Å². The summed E-state index contributed by atoms with van der Waals surface area (Å²) < 4.78 is 5.62. The SMILES string of the molecule is Cc1noc(C)c1-c1c2ccccc2c(-c2ccc3c(c2)C(C)(C)c2ccccc2-3)c2ccccc12. The van der Waals surface area contributed by atoms with Crippen molar-refractivity contribution in [3.8, 4) is 33.4 Å². The van der Waals surface area contributed by atoms with Crippen LogP contribution in [0.4, 0.5) is 0 Å². The van der Waals surface area contributed by atoms with Crippen LogP contribution in [-0.2, 0) is 5.41 Å². The molecule has 0 N–H and O–H groups in total. The number of benzene rings is 5. The van der Waals surface area contributed by atoms with Gasteiger partial charge >= 0.3 is 0 Å². The van der Waals surface area contributed by atoms with Crippen molar-refractivity contribution in [3.05, 3.63) is 114 Å². The van der Waals surface area contributed by atoms with Gasteiger partial charge in [0.25, 0.3) is 0 Å². The predicted octanol–water partition coefficient (Wildman–Crippen LogP) is 9.24. The van der Waals surface area contributed by atoms with Crippen LogP contribution >= 0.6 is 0 Å². The molecule has 0 saturated heterocycles. The molecule has 6 aromatic rings. The molecule has 36 heavy (non-hydrogen) atoms. The number of aromatic nitrogens is 1. The molecule has 1 aliphatic rings. The molecule has 2 nitrogen and oxygen atoms in total. The topological polar surface area (TPSA) is 26.0 Å². The zero-order valence-corrected chi connectivity index (χ0v) is 21.0. The van der Waals surface area contributed by atoms with Crippen molar-refractivity contribution in [1.82, 2.24) is 5.16 Å². The second-order valence-corrected chi connectivity index (χ2v) is 10.5. The van der Waals surface area contributed by atoms with E-state index in [1.165, 1.54) is 60.5 Å². The summed E-state index contributed by atoms with van der Waals surface area (Å²) in [6.45, 7) is 8.73. The maximum absolute atomic E-state index is 5.62. The Labute approximate surface area is 211 Å². The van der Waals surface area contributed by atoms with Gasteiger partial charge in [0, 0.05) is 16.5 Å². The fraction of sp³-hybridized carbons (Fsp3) is 0.147. The van der Waals surface area contributed by atoms with Crippen LogP contribution in [0.15, 0.2) is 95.5 Å². The third-order valence-corrected chi connectivity index (χ3v) is 8.09. The minimum Gasteiger partial charge on any atom is -0.361 e. The molecule has 0 unspecified atom stereocenters. The Morgan fingerprint density at radius 1 is 0.583 bits per heavy atom. The zero-order chi connectivity index (χ0) is 24.6. The molecule has 1 heterocycles. The quantitative estimate of drug-likeness (QED) is 0.238. The molecule has 0 radical (unpaired) electrons. The number of aryl methyl sites for hydroxylation is 2. The van der Waals surface area contributed by atoms with Gasteiger partial charge in [-0.2, -0.15) is 0 Å². The van der Waals surface area contributed by atoms with E-state index in [1.807, 2.05) is 13.8 Å². The summed E-state index contributed by atoms with van der Waals surface area (Å²) in [5, 5.41) is 9.24. The van der Waals surface area contributed by atoms with Gasteiger partial charge in [0.15, 0.2) is 0 Å². The summed E-state index contributed by atoms with van der Waals surface area (Å²) in [6, 6.07) is 33.4. The molecule has 0 fully saturated rings. The van der Waals surface area contributed by atoms with Crippen LogP contribution in [0.1, 0.15) is 36.4 Å². The second-order valence-electron chi connectivity index (χ2n) is 10.5. The van der Waals surface area contributed by atoms with Gasteiger partial charge in [-0.15, -0.1) is 0 Å². The lowest BCUT2D eigenvalue weighted by Crippen LogP contribution is -2.14. The lowest BCUT2D eigenvalue weighted by molar-refractivity contribution is 0.393. The van der Waals surface area contributed by atoms with E-state index in [-0.39, 0.29) is 5.41 Å². The largest absolute Gasteiger partial charge is 0.361 e. The fourth-order valence-electron chi connectivity index (χ4n) is 6.41. The van der Waals surface area contributed by atoms with Crippen molar-refractivity contribution in [2.24, 2.45) is 0 Å². The van der Waals surface area contributed by atoms with Gasteiger partial charge < -0.3 is 4.52 Å². The van der Waals surface area contributed by atoms with E-state index < -0.39 is 0 Å². The number of nitrogens with zero attached hydrogens (tertiary/aromatic N) is 1. The first-order valence-electron chi connectivity index (χ1n) is 12.6. The van der Waals surface area contributed by atoms with Crippen LogP contribution in [0.5, 0.6) is 0 Å². The Hall–Kier alpha value is -4.17. The molecule has 7 rings (SSSR count). The lowest BCUT2D eigenvalue weighted by atomic mass is 9.80. The second kappa shape index (κ2) is 7.41. The molecule has 2 heteroatoms. The van der Waals surface area contributed by atoms with E-state index in [9.17, 15) is 0 Å². The molecular weight excluding hydrogens is 438 g/mol. The van der Waals surface area contributed by atoms with Gasteiger partial charge in [-0.25, -0.2) is 0 Å². The lowest BCUT2D eigenvalue weighted by Gasteiger charge is -2.23. The minimum atomic E-state index is -0.0375. The molecule has 1 aliphatic carbocycles. The Bertz CT molecular complexity index is 1760. The average Bonchev–Trinajstić information content (AvgIpc) is 3.35. The Morgan fingerprint density at radius 2 is 1.14 bits per heavy atom. The van der Waals surface area contributed by atoms with Gasteiger partial charge in [0.1, 0.15) is 5.76 Å². The van der Waals surface area contributed by atoms with Crippen LogP contribution in [0, 0.1) is 13.8 Å². The smallest absolute Gasteiger partial charge is 0.141 e. The van der Waals surface area contributed by atoms with Gasteiger partial charge in [-0.3, -0.25) is 0 Å². The maximum atomic E-state index is 5.62. The number of hydrogen-bond acceptors (Lipinski definition) is 2. The van der Waals surface area contributed by atoms with Crippen molar-refractivity contribution in [3.63, 3.8) is 0 Å². The first kappa shape index (κ1) is 21.1. The number of fused-ring (bicyclic) bond motifs is 5. The number of rotatable bonds is 2. The Kier molecular flexibility index (Phi) is 4.35. The van der Waals surface area contributed by atoms with E-state index in [2.05, 4.69) is 110 Å². The molecule has 1 aromatic heterocycles. The standard InChI is InChI=1S/C34H27NO/c1-20-31(21(2)36-35-20)33-27-14-7-5-12-25(27)32(26-13-6-8-15-28(26)33)22-17-18-24-23-11-9-10-16-29(23)34(3,4)30(24)19-22/h5-19H,1-4H3. The predicted molar refractivity (Wildman–Crippen MR) is 149 cm³/mol. The van der Waals surface area contributed by atoms with Crippen LogP contribution in [-0.4, -0.2) is 5.16 Å². The maximum Gasteiger partial charge on any atom is 0.141 e. The first-order valence-corrected chi connectivity index (χ1v) is 12.6. The van der Waals surface area contributed by atoms with Gasteiger partial charge in [0.05, 0.1) is 5.69 Å². The van der Waals surface area contributed by atoms with Crippen LogP contribution in [0.25, 0.3) is 54.9 Å². The first-order chi connectivity index (χ1) is 17.5. The molecule has 0 spiro atoms. The van der Waals surface area contributed by atoms with Crippen molar-refractivity contribution in [2.75, 3.05) is 0 Å².